The Hall–Kier alpha value is -4.09. The number of nitrogens with one attached hydrogen (secondary N) is 2. The first-order valence-electron chi connectivity index (χ1n) is 12.0. The number of aromatic hydroxyl groups is 1. The van der Waals surface area contributed by atoms with Gasteiger partial charge in [0, 0.05) is 17.6 Å². The lowest BCUT2D eigenvalue weighted by Crippen LogP contribution is -2.32. The molecule has 3 N–H and O–H groups in total. The molecule has 208 valence electrons. The van der Waals surface area contributed by atoms with Crippen molar-refractivity contribution in [1.82, 2.24) is 0 Å². The summed E-state index contributed by atoms with van der Waals surface area (Å²) in [6.45, 7) is 3.73. The standard InChI is InChI=1S/C27H25F6N3O3/c1-3-25(4-2)15-36(23-21(37)14-13-18(22(23)25)26(28,29)30)20-8-6-5-7-19(20)35-24(38)34-16-9-11-17(12-10-16)39-27(31,32)33/h5-14,37H,3-4,15H2,1-2H3,(H2,34,35,38). The van der Waals surface area contributed by atoms with Crippen molar-refractivity contribution in [2.24, 2.45) is 0 Å². The monoisotopic (exact) mass is 553 g/mol. The number of nitrogens with zero attached hydrogens (tertiary/aromatic N) is 1. The molecule has 0 spiro atoms. The number of alkyl halides is 6. The molecule has 0 saturated carbocycles. The molecule has 1 heterocycles. The first-order chi connectivity index (χ1) is 18.3. The molecular formula is C27H25F6N3O3. The van der Waals surface area contributed by atoms with Crippen LogP contribution in [0.3, 0.4) is 0 Å². The molecule has 3 aromatic rings. The van der Waals surface area contributed by atoms with Gasteiger partial charge in [-0.05, 0) is 66.9 Å². The third kappa shape index (κ3) is 5.69. The maximum atomic E-state index is 14.1. The number of hydrogen-bond acceptors (Lipinski definition) is 4. The van der Waals surface area contributed by atoms with Gasteiger partial charge in [0.2, 0.25) is 0 Å². The van der Waals surface area contributed by atoms with Crippen molar-refractivity contribution in [2.75, 3.05) is 22.1 Å². The molecule has 12 heteroatoms. The third-order valence-corrected chi connectivity index (χ3v) is 6.87. The van der Waals surface area contributed by atoms with E-state index >= 15 is 0 Å². The molecule has 1 aliphatic rings. The molecule has 2 amide bonds. The normalized spacial score (nSPS) is 14.6. The molecular weight excluding hydrogens is 528 g/mol. The summed E-state index contributed by atoms with van der Waals surface area (Å²) in [5.41, 5.74) is -0.894. The van der Waals surface area contributed by atoms with Crippen LogP contribution in [-0.2, 0) is 11.6 Å². The summed E-state index contributed by atoms with van der Waals surface area (Å²) in [5, 5.41) is 15.9. The fourth-order valence-corrected chi connectivity index (χ4v) is 4.96. The van der Waals surface area contributed by atoms with E-state index in [9.17, 15) is 36.2 Å². The number of para-hydroxylation sites is 2. The van der Waals surface area contributed by atoms with E-state index in [4.69, 9.17) is 0 Å². The van der Waals surface area contributed by atoms with Gasteiger partial charge in [-0.2, -0.15) is 13.2 Å². The van der Waals surface area contributed by atoms with Crippen LogP contribution in [0.15, 0.2) is 60.7 Å². The Morgan fingerprint density at radius 2 is 1.59 bits per heavy atom. The maximum absolute atomic E-state index is 14.1. The number of phenols is 1. The number of phenolic OH excluding ortho intramolecular Hbond substituents is 1. The van der Waals surface area contributed by atoms with Crippen LogP contribution in [0.25, 0.3) is 0 Å². The summed E-state index contributed by atoms with van der Waals surface area (Å²) in [4.78, 5) is 14.3. The van der Waals surface area contributed by atoms with E-state index in [0.29, 0.717) is 18.5 Å². The topological polar surface area (TPSA) is 73.8 Å². The minimum absolute atomic E-state index is 0.0143. The van der Waals surface area contributed by atoms with Crippen LogP contribution < -0.4 is 20.3 Å². The zero-order valence-corrected chi connectivity index (χ0v) is 20.9. The van der Waals surface area contributed by atoms with E-state index in [1.807, 2.05) is 0 Å². The molecule has 39 heavy (non-hydrogen) atoms. The summed E-state index contributed by atoms with van der Waals surface area (Å²) in [5.74, 6) is -0.776. The highest BCUT2D eigenvalue weighted by Gasteiger charge is 2.49. The number of rotatable bonds is 6. The van der Waals surface area contributed by atoms with E-state index < -0.39 is 35.3 Å². The zero-order chi connectivity index (χ0) is 28.6. The Morgan fingerprint density at radius 1 is 0.949 bits per heavy atom. The number of fused-ring (bicyclic) bond motifs is 1. The number of halogens is 6. The van der Waals surface area contributed by atoms with Gasteiger partial charge in [0.25, 0.3) is 0 Å². The van der Waals surface area contributed by atoms with E-state index in [1.165, 1.54) is 12.1 Å². The van der Waals surface area contributed by atoms with Crippen LogP contribution in [0.1, 0.15) is 37.8 Å². The number of carbonyl (C=O) groups is 1. The second kappa shape index (κ2) is 10.2. The third-order valence-electron chi connectivity index (χ3n) is 6.87. The first kappa shape index (κ1) is 27.9. The van der Waals surface area contributed by atoms with Gasteiger partial charge in [0.1, 0.15) is 11.5 Å². The van der Waals surface area contributed by atoms with Crippen LogP contribution in [0.2, 0.25) is 0 Å². The minimum Gasteiger partial charge on any atom is -0.506 e. The molecule has 0 aliphatic carbocycles. The van der Waals surface area contributed by atoms with Gasteiger partial charge in [-0.15, -0.1) is 13.2 Å². The molecule has 0 radical (unpaired) electrons. The number of anilines is 4. The number of urea groups is 1. The van der Waals surface area contributed by atoms with Crippen molar-refractivity contribution < 1.29 is 41.0 Å². The highest BCUT2D eigenvalue weighted by molar-refractivity contribution is 6.02. The molecule has 1 aliphatic heterocycles. The van der Waals surface area contributed by atoms with Crippen molar-refractivity contribution in [3.8, 4) is 11.5 Å². The Balaban J connectivity index is 1.66. The fourth-order valence-electron chi connectivity index (χ4n) is 4.96. The molecule has 0 saturated heterocycles. The highest BCUT2D eigenvalue weighted by Crippen LogP contribution is 2.56. The van der Waals surface area contributed by atoms with Crippen LogP contribution in [0.5, 0.6) is 11.5 Å². The molecule has 0 atom stereocenters. The van der Waals surface area contributed by atoms with Gasteiger partial charge in [0.05, 0.1) is 22.6 Å². The minimum atomic E-state index is -4.85. The van der Waals surface area contributed by atoms with Crippen molar-refractivity contribution in [3.63, 3.8) is 0 Å². The Bertz CT molecular complexity index is 1350. The number of amides is 2. The smallest absolute Gasteiger partial charge is 0.506 e. The zero-order valence-electron chi connectivity index (χ0n) is 20.9. The lowest BCUT2D eigenvalue weighted by molar-refractivity contribution is -0.274. The number of carbonyl (C=O) groups excluding carboxylic acids is 1. The average Bonchev–Trinajstić information content (AvgIpc) is 3.20. The Morgan fingerprint density at radius 3 is 2.18 bits per heavy atom. The van der Waals surface area contributed by atoms with E-state index in [2.05, 4.69) is 15.4 Å². The second-order valence-electron chi connectivity index (χ2n) is 9.10. The van der Waals surface area contributed by atoms with Crippen LogP contribution >= 0.6 is 0 Å². The van der Waals surface area contributed by atoms with Crippen LogP contribution in [0.4, 0.5) is 53.9 Å². The van der Waals surface area contributed by atoms with Gasteiger partial charge in [0.15, 0.2) is 0 Å². The predicted molar refractivity (Wildman–Crippen MR) is 135 cm³/mol. The van der Waals surface area contributed by atoms with Gasteiger partial charge >= 0.3 is 18.6 Å². The van der Waals surface area contributed by atoms with Gasteiger partial charge in [-0.25, -0.2) is 4.79 Å². The second-order valence-corrected chi connectivity index (χ2v) is 9.10. The van der Waals surface area contributed by atoms with E-state index in [1.54, 1.807) is 43.0 Å². The fraction of sp³-hybridized carbons (Fsp3) is 0.296. The van der Waals surface area contributed by atoms with Crippen molar-refractivity contribution in [1.29, 1.82) is 0 Å². The largest absolute Gasteiger partial charge is 0.573 e. The van der Waals surface area contributed by atoms with Gasteiger partial charge < -0.3 is 25.4 Å². The summed E-state index contributed by atoms with van der Waals surface area (Å²) in [6, 6.07) is 12.1. The first-order valence-corrected chi connectivity index (χ1v) is 12.0. The average molecular weight is 554 g/mol. The predicted octanol–water partition coefficient (Wildman–Crippen LogP) is 8.16. The molecule has 4 rings (SSSR count). The summed E-state index contributed by atoms with van der Waals surface area (Å²) in [6.07, 6.45) is -8.73. The SMILES string of the molecule is CCC1(CC)CN(c2ccccc2NC(=O)Nc2ccc(OC(F)(F)F)cc2)c2c(O)ccc(C(F)(F)F)c21. The molecule has 0 aromatic heterocycles. The quantitative estimate of drug-likeness (QED) is 0.269. The Labute approximate surface area is 220 Å². The summed E-state index contributed by atoms with van der Waals surface area (Å²) >= 11 is 0. The number of hydrogen-bond donors (Lipinski definition) is 3. The number of ether oxygens (including phenoxy) is 1. The van der Waals surface area contributed by atoms with Crippen molar-refractivity contribution in [2.45, 2.75) is 44.6 Å². The molecule has 3 aromatic carbocycles. The maximum Gasteiger partial charge on any atom is 0.573 e. The van der Waals surface area contributed by atoms with E-state index in [0.717, 1.165) is 24.3 Å². The van der Waals surface area contributed by atoms with Crippen molar-refractivity contribution >= 4 is 28.8 Å². The van der Waals surface area contributed by atoms with Crippen LogP contribution in [-0.4, -0.2) is 24.0 Å². The van der Waals surface area contributed by atoms with Crippen molar-refractivity contribution in [3.05, 3.63) is 71.8 Å². The van der Waals surface area contributed by atoms with Gasteiger partial charge in [-0.1, -0.05) is 26.0 Å². The summed E-state index contributed by atoms with van der Waals surface area (Å²) < 4.78 is 83.1. The van der Waals surface area contributed by atoms with E-state index in [-0.39, 0.29) is 34.9 Å². The molecule has 0 unspecified atom stereocenters. The molecule has 0 fully saturated rings. The van der Waals surface area contributed by atoms with Crippen LogP contribution in [0, 0.1) is 0 Å². The Kier molecular flexibility index (Phi) is 7.33. The van der Waals surface area contributed by atoms with Gasteiger partial charge in [-0.3, -0.25) is 0 Å². The molecule has 0 bridgehead atoms. The summed E-state index contributed by atoms with van der Waals surface area (Å²) in [7, 11) is 0. The lowest BCUT2D eigenvalue weighted by Gasteiger charge is -2.30. The highest BCUT2D eigenvalue weighted by atomic mass is 19.4. The number of benzene rings is 3. The molecule has 6 nitrogen and oxygen atoms in total. The lowest BCUT2D eigenvalue weighted by atomic mass is 9.75.